The van der Waals surface area contributed by atoms with Gasteiger partial charge in [-0.05, 0) is 12.1 Å². The van der Waals surface area contributed by atoms with Gasteiger partial charge in [0.05, 0.1) is 12.5 Å². The highest BCUT2D eigenvalue weighted by molar-refractivity contribution is 5.81. The highest BCUT2D eigenvalue weighted by atomic mass is 16.5. The van der Waals surface area contributed by atoms with Crippen molar-refractivity contribution in [3.05, 3.63) is 60.0 Å². The minimum absolute atomic E-state index is 0.369. The van der Waals surface area contributed by atoms with E-state index in [0.29, 0.717) is 27.8 Å². The van der Waals surface area contributed by atoms with E-state index in [2.05, 4.69) is 5.16 Å². The summed E-state index contributed by atoms with van der Waals surface area (Å²) in [4.78, 5) is 0. The van der Waals surface area contributed by atoms with E-state index in [1.54, 1.807) is 0 Å². The molecule has 1 N–H and O–H groups in total. The van der Waals surface area contributed by atoms with Gasteiger partial charge in [0, 0.05) is 5.56 Å². The second kappa shape index (κ2) is 5.09. The van der Waals surface area contributed by atoms with Crippen molar-refractivity contribution in [3.63, 3.8) is 0 Å². The van der Waals surface area contributed by atoms with Crippen molar-refractivity contribution in [2.45, 2.75) is 0 Å². The van der Waals surface area contributed by atoms with Crippen molar-refractivity contribution in [2.75, 3.05) is 7.11 Å². The lowest BCUT2D eigenvalue weighted by atomic mass is 10.1. The standard InChI is InChI=1S/C16H13NO3/c1-19-16-14(17-18)12-9-5-6-10-13(12)20-15(16)11-7-3-2-4-8-11/h2-10,18H,1H3. The molecular weight excluding hydrogens is 254 g/mol. The van der Waals surface area contributed by atoms with Crippen molar-refractivity contribution in [2.24, 2.45) is 5.16 Å². The third-order valence-electron chi connectivity index (χ3n) is 3.12. The highest BCUT2D eigenvalue weighted by Crippen LogP contribution is 2.30. The van der Waals surface area contributed by atoms with Crippen LogP contribution < -0.4 is 10.1 Å². The van der Waals surface area contributed by atoms with Gasteiger partial charge in [0.15, 0.2) is 16.9 Å². The number of nitrogens with zero attached hydrogens (tertiary/aromatic N) is 1. The number of ether oxygens (including phenoxy) is 1. The number of hydrogen-bond acceptors (Lipinski definition) is 4. The molecule has 0 aliphatic rings. The minimum Gasteiger partial charge on any atom is -0.491 e. The first-order valence-corrected chi connectivity index (χ1v) is 6.18. The fourth-order valence-electron chi connectivity index (χ4n) is 2.21. The van der Waals surface area contributed by atoms with E-state index in [1.165, 1.54) is 7.11 Å². The first-order valence-electron chi connectivity index (χ1n) is 6.18. The molecule has 3 rings (SSSR count). The Labute approximate surface area is 115 Å². The van der Waals surface area contributed by atoms with Gasteiger partial charge >= 0.3 is 0 Å². The Morgan fingerprint density at radius 2 is 1.70 bits per heavy atom. The summed E-state index contributed by atoms with van der Waals surface area (Å²) in [7, 11) is 1.53. The molecule has 0 radical (unpaired) electrons. The summed E-state index contributed by atoms with van der Waals surface area (Å²) in [5.41, 5.74) is 1.50. The fraction of sp³-hybridized carbons (Fsp3) is 0.0625. The molecule has 20 heavy (non-hydrogen) atoms. The lowest BCUT2D eigenvalue weighted by Gasteiger charge is -2.10. The van der Waals surface area contributed by atoms with E-state index in [0.717, 1.165) is 5.56 Å². The van der Waals surface area contributed by atoms with E-state index in [-0.39, 0.29) is 0 Å². The summed E-state index contributed by atoms with van der Waals surface area (Å²) >= 11 is 0. The molecule has 0 spiro atoms. The van der Waals surface area contributed by atoms with Crippen LogP contribution in [0.1, 0.15) is 0 Å². The summed E-state index contributed by atoms with van der Waals surface area (Å²) in [5.74, 6) is 0.956. The Kier molecular flexibility index (Phi) is 3.13. The van der Waals surface area contributed by atoms with Crippen LogP contribution in [0.4, 0.5) is 0 Å². The Bertz CT molecular complexity index is 807. The van der Waals surface area contributed by atoms with E-state index < -0.39 is 0 Å². The van der Waals surface area contributed by atoms with Crippen molar-refractivity contribution in [3.8, 4) is 17.1 Å². The average molecular weight is 267 g/mol. The van der Waals surface area contributed by atoms with Crippen molar-refractivity contribution in [1.82, 2.24) is 0 Å². The smallest absolute Gasteiger partial charge is 0.192 e. The maximum atomic E-state index is 9.32. The molecule has 0 atom stereocenters. The molecule has 0 fully saturated rings. The minimum atomic E-state index is 0.369. The molecule has 3 aromatic rings. The molecule has 0 bridgehead atoms. The number of rotatable bonds is 2. The predicted octanol–water partition coefficient (Wildman–Crippen LogP) is 3.40. The first kappa shape index (κ1) is 12.3. The zero-order valence-electron chi connectivity index (χ0n) is 10.9. The van der Waals surface area contributed by atoms with Crippen molar-refractivity contribution < 1.29 is 14.4 Å². The van der Waals surface area contributed by atoms with Gasteiger partial charge < -0.3 is 14.4 Å². The Hall–Kier alpha value is -2.75. The topological polar surface area (TPSA) is 55.0 Å². The molecule has 2 aromatic carbocycles. The van der Waals surface area contributed by atoms with Crippen LogP contribution >= 0.6 is 0 Å². The zero-order chi connectivity index (χ0) is 13.9. The average Bonchev–Trinajstić information content (AvgIpc) is 2.53. The summed E-state index contributed by atoms with van der Waals surface area (Å²) < 4.78 is 11.3. The van der Waals surface area contributed by atoms with Crippen molar-refractivity contribution in [1.29, 1.82) is 0 Å². The first-order chi connectivity index (χ1) is 9.85. The molecule has 4 heteroatoms. The van der Waals surface area contributed by atoms with Gasteiger partial charge in [-0.3, -0.25) is 0 Å². The molecule has 0 aliphatic carbocycles. The molecule has 1 aromatic heterocycles. The summed E-state index contributed by atoms with van der Waals surface area (Å²) in [6.07, 6.45) is 0. The van der Waals surface area contributed by atoms with Crippen LogP contribution in [0.5, 0.6) is 5.75 Å². The fourth-order valence-corrected chi connectivity index (χ4v) is 2.21. The Balaban J connectivity index is 2.44. The van der Waals surface area contributed by atoms with Gasteiger partial charge in [-0.15, -0.1) is 0 Å². The summed E-state index contributed by atoms with van der Waals surface area (Å²) in [6.45, 7) is 0. The Morgan fingerprint density at radius 3 is 2.40 bits per heavy atom. The predicted molar refractivity (Wildman–Crippen MR) is 75.6 cm³/mol. The van der Waals surface area contributed by atoms with E-state index >= 15 is 0 Å². The third-order valence-corrected chi connectivity index (χ3v) is 3.12. The van der Waals surface area contributed by atoms with Crippen LogP contribution in [-0.2, 0) is 0 Å². The number of benzene rings is 2. The maximum absolute atomic E-state index is 9.32. The van der Waals surface area contributed by atoms with Crippen LogP contribution in [-0.4, -0.2) is 12.3 Å². The molecule has 0 unspecified atom stereocenters. The van der Waals surface area contributed by atoms with Crippen LogP contribution in [0, 0.1) is 0 Å². The largest absolute Gasteiger partial charge is 0.491 e. The van der Waals surface area contributed by atoms with E-state index in [9.17, 15) is 5.21 Å². The van der Waals surface area contributed by atoms with E-state index in [4.69, 9.17) is 9.15 Å². The number of para-hydroxylation sites is 1. The number of hydrogen-bond donors (Lipinski definition) is 1. The SMILES string of the molecule is COc1c(-c2ccccc2)oc2ccccc2c1=NO. The van der Waals surface area contributed by atoms with Gasteiger partial charge in [0.1, 0.15) is 5.58 Å². The lowest BCUT2D eigenvalue weighted by molar-refractivity contribution is 0.295. The van der Waals surface area contributed by atoms with Gasteiger partial charge in [-0.1, -0.05) is 47.6 Å². The number of fused-ring (bicyclic) bond motifs is 1. The summed E-state index contributed by atoms with van der Waals surface area (Å²) in [6, 6.07) is 17.0. The molecule has 1 heterocycles. The molecule has 0 amide bonds. The van der Waals surface area contributed by atoms with Crippen LogP contribution in [0.2, 0.25) is 0 Å². The second-order valence-corrected chi connectivity index (χ2v) is 4.28. The highest BCUT2D eigenvalue weighted by Gasteiger charge is 2.15. The molecule has 0 saturated heterocycles. The molecule has 0 aliphatic heterocycles. The van der Waals surface area contributed by atoms with Crippen LogP contribution in [0.15, 0.2) is 64.2 Å². The zero-order valence-corrected chi connectivity index (χ0v) is 10.9. The maximum Gasteiger partial charge on any atom is 0.192 e. The van der Waals surface area contributed by atoms with Gasteiger partial charge in [-0.25, -0.2) is 0 Å². The Morgan fingerprint density at radius 1 is 1.00 bits per heavy atom. The van der Waals surface area contributed by atoms with E-state index in [1.807, 2.05) is 54.6 Å². The summed E-state index contributed by atoms with van der Waals surface area (Å²) in [5, 5.41) is 13.8. The van der Waals surface area contributed by atoms with Gasteiger partial charge in [-0.2, -0.15) is 0 Å². The molecule has 0 saturated carbocycles. The quantitative estimate of drug-likeness (QED) is 0.572. The van der Waals surface area contributed by atoms with Crippen LogP contribution in [0.25, 0.3) is 22.3 Å². The number of methoxy groups -OCH3 is 1. The van der Waals surface area contributed by atoms with Gasteiger partial charge in [0.25, 0.3) is 0 Å². The monoisotopic (exact) mass is 267 g/mol. The van der Waals surface area contributed by atoms with Gasteiger partial charge in [0.2, 0.25) is 0 Å². The molecular formula is C16H13NO3. The normalized spacial score (nSPS) is 11.8. The second-order valence-electron chi connectivity index (χ2n) is 4.28. The van der Waals surface area contributed by atoms with Crippen LogP contribution in [0.3, 0.4) is 0 Å². The third kappa shape index (κ3) is 1.91. The van der Waals surface area contributed by atoms with Crippen molar-refractivity contribution >= 4 is 11.0 Å². The molecule has 100 valence electrons. The lowest BCUT2D eigenvalue weighted by Crippen LogP contribution is -2.09. The molecule has 4 nitrogen and oxygen atoms in total.